The Morgan fingerprint density at radius 2 is 2.23 bits per heavy atom. The van der Waals surface area contributed by atoms with Crippen molar-refractivity contribution in [2.24, 2.45) is 5.92 Å². The average Bonchev–Trinajstić information content (AvgIpc) is 2.07. The topological polar surface area (TPSA) is 41.1 Å². The minimum absolute atomic E-state index is 0.0682. The van der Waals surface area contributed by atoms with Gasteiger partial charge in [0.15, 0.2) is 0 Å². The summed E-state index contributed by atoms with van der Waals surface area (Å²) in [7, 11) is 1.80. The second-order valence-corrected chi connectivity index (χ2v) is 3.89. The molecule has 0 aromatic carbocycles. The van der Waals surface area contributed by atoms with Gasteiger partial charge < -0.3 is 10.6 Å². The molecule has 76 valence electrons. The Balaban J connectivity index is 2.00. The summed E-state index contributed by atoms with van der Waals surface area (Å²) in [5.74, 6) is 0.993. The van der Waals surface area contributed by atoms with Crippen LogP contribution in [-0.4, -0.2) is 25.5 Å². The van der Waals surface area contributed by atoms with Crippen LogP contribution in [0.2, 0.25) is 0 Å². The zero-order chi connectivity index (χ0) is 9.68. The minimum atomic E-state index is -0.0682. The van der Waals surface area contributed by atoms with Crippen molar-refractivity contribution in [3.8, 4) is 0 Å². The highest BCUT2D eigenvalue weighted by Gasteiger charge is 2.17. The zero-order valence-electron chi connectivity index (χ0n) is 8.60. The normalized spacial score (nSPS) is 19.2. The molecule has 0 heterocycles. The number of carbonyl (C=O) groups is 1. The second-order valence-electron chi connectivity index (χ2n) is 3.89. The van der Waals surface area contributed by atoms with Crippen LogP contribution in [-0.2, 0) is 4.79 Å². The third-order valence-electron chi connectivity index (χ3n) is 2.90. The van der Waals surface area contributed by atoms with Crippen LogP contribution >= 0.6 is 0 Å². The molecule has 0 aromatic rings. The van der Waals surface area contributed by atoms with Gasteiger partial charge in [0.1, 0.15) is 0 Å². The molecule has 1 saturated carbocycles. The Labute approximate surface area is 80.3 Å². The maximum Gasteiger partial charge on any atom is 0.236 e. The van der Waals surface area contributed by atoms with E-state index in [2.05, 4.69) is 10.6 Å². The summed E-state index contributed by atoms with van der Waals surface area (Å²) in [6.07, 6.45) is 5.25. The standard InChI is InChI=1S/C10H20N2O/c1-8(11-2)10(13)12-7-6-9-4-3-5-9/h8-9,11H,3-7H2,1-2H3,(H,12,13). The zero-order valence-corrected chi connectivity index (χ0v) is 8.60. The summed E-state index contributed by atoms with van der Waals surface area (Å²) in [4.78, 5) is 11.3. The van der Waals surface area contributed by atoms with Crippen LogP contribution < -0.4 is 10.6 Å². The van der Waals surface area contributed by atoms with E-state index >= 15 is 0 Å². The fraction of sp³-hybridized carbons (Fsp3) is 0.900. The van der Waals surface area contributed by atoms with Crippen molar-refractivity contribution in [1.82, 2.24) is 10.6 Å². The van der Waals surface area contributed by atoms with Gasteiger partial charge in [-0.2, -0.15) is 0 Å². The van der Waals surface area contributed by atoms with E-state index in [0.717, 1.165) is 18.9 Å². The van der Waals surface area contributed by atoms with Gasteiger partial charge in [0.2, 0.25) is 5.91 Å². The van der Waals surface area contributed by atoms with Gasteiger partial charge in [-0.05, 0) is 26.3 Å². The molecule has 0 aromatic heterocycles. The number of amides is 1. The van der Waals surface area contributed by atoms with Gasteiger partial charge in [0.05, 0.1) is 6.04 Å². The fourth-order valence-corrected chi connectivity index (χ4v) is 1.47. The van der Waals surface area contributed by atoms with E-state index in [1.54, 1.807) is 7.05 Å². The molecule has 0 saturated heterocycles. The fourth-order valence-electron chi connectivity index (χ4n) is 1.47. The first-order chi connectivity index (χ1) is 6.24. The Hall–Kier alpha value is -0.570. The van der Waals surface area contributed by atoms with Crippen LogP contribution in [0.5, 0.6) is 0 Å². The molecule has 1 rings (SSSR count). The van der Waals surface area contributed by atoms with Crippen molar-refractivity contribution in [3.05, 3.63) is 0 Å². The number of hydrogen-bond donors (Lipinski definition) is 2. The van der Waals surface area contributed by atoms with Crippen molar-refractivity contribution in [2.75, 3.05) is 13.6 Å². The van der Waals surface area contributed by atoms with E-state index in [1.807, 2.05) is 6.92 Å². The highest BCUT2D eigenvalue weighted by atomic mass is 16.2. The summed E-state index contributed by atoms with van der Waals surface area (Å²) < 4.78 is 0. The van der Waals surface area contributed by atoms with Gasteiger partial charge in [-0.15, -0.1) is 0 Å². The molecule has 1 unspecified atom stereocenters. The lowest BCUT2D eigenvalue weighted by Crippen LogP contribution is -2.41. The predicted molar refractivity (Wildman–Crippen MR) is 53.5 cm³/mol. The Kier molecular flexibility index (Phi) is 4.22. The molecular weight excluding hydrogens is 164 g/mol. The Morgan fingerprint density at radius 1 is 1.54 bits per heavy atom. The molecule has 0 radical (unpaired) electrons. The predicted octanol–water partition coefficient (Wildman–Crippen LogP) is 0.901. The molecule has 0 aliphatic heterocycles. The monoisotopic (exact) mass is 184 g/mol. The molecule has 2 N–H and O–H groups in total. The highest BCUT2D eigenvalue weighted by Crippen LogP contribution is 2.28. The first-order valence-corrected chi connectivity index (χ1v) is 5.19. The molecule has 1 fully saturated rings. The first kappa shape index (κ1) is 10.5. The number of carbonyl (C=O) groups excluding carboxylic acids is 1. The Bertz CT molecular complexity index is 166. The number of rotatable bonds is 5. The first-order valence-electron chi connectivity index (χ1n) is 5.19. The second kappa shape index (κ2) is 5.22. The average molecular weight is 184 g/mol. The summed E-state index contributed by atoms with van der Waals surface area (Å²) in [6.45, 7) is 2.72. The van der Waals surface area contributed by atoms with Gasteiger partial charge in [-0.25, -0.2) is 0 Å². The van der Waals surface area contributed by atoms with E-state index < -0.39 is 0 Å². The molecular formula is C10H20N2O. The Morgan fingerprint density at radius 3 is 2.69 bits per heavy atom. The largest absolute Gasteiger partial charge is 0.355 e. The summed E-state index contributed by atoms with van der Waals surface area (Å²) in [5.41, 5.74) is 0. The van der Waals surface area contributed by atoms with Crippen LogP contribution in [0.3, 0.4) is 0 Å². The molecule has 1 aliphatic rings. The van der Waals surface area contributed by atoms with Crippen molar-refractivity contribution < 1.29 is 4.79 Å². The lowest BCUT2D eigenvalue weighted by atomic mass is 9.83. The maximum absolute atomic E-state index is 11.3. The van der Waals surface area contributed by atoms with Gasteiger partial charge in [-0.3, -0.25) is 4.79 Å². The van der Waals surface area contributed by atoms with Crippen LogP contribution in [0.25, 0.3) is 0 Å². The van der Waals surface area contributed by atoms with Crippen LogP contribution in [0.4, 0.5) is 0 Å². The minimum Gasteiger partial charge on any atom is -0.355 e. The van der Waals surface area contributed by atoms with Crippen molar-refractivity contribution in [3.63, 3.8) is 0 Å². The third-order valence-corrected chi connectivity index (χ3v) is 2.90. The molecule has 0 bridgehead atoms. The highest BCUT2D eigenvalue weighted by molar-refractivity contribution is 5.81. The maximum atomic E-state index is 11.3. The molecule has 1 atom stereocenters. The number of nitrogens with one attached hydrogen (secondary N) is 2. The summed E-state index contributed by atoms with van der Waals surface area (Å²) >= 11 is 0. The summed E-state index contributed by atoms with van der Waals surface area (Å²) in [5, 5.41) is 5.85. The third kappa shape index (κ3) is 3.35. The van der Waals surface area contributed by atoms with Gasteiger partial charge in [0.25, 0.3) is 0 Å². The molecule has 1 aliphatic carbocycles. The molecule has 13 heavy (non-hydrogen) atoms. The van der Waals surface area contributed by atoms with Crippen LogP contribution in [0, 0.1) is 5.92 Å². The lowest BCUT2D eigenvalue weighted by Gasteiger charge is -2.25. The van der Waals surface area contributed by atoms with Gasteiger partial charge >= 0.3 is 0 Å². The van der Waals surface area contributed by atoms with Gasteiger partial charge in [0, 0.05) is 6.54 Å². The van der Waals surface area contributed by atoms with Crippen LogP contribution in [0.15, 0.2) is 0 Å². The molecule has 0 spiro atoms. The van der Waals surface area contributed by atoms with E-state index in [1.165, 1.54) is 19.3 Å². The lowest BCUT2D eigenvalue weighted by molar-refractivity contribution is -0.122. The number of hydrogen-bond acceptors (Lipinski definition) is 2. The van der Waals surface area contributed by atoms with E-state index in [9.17, 15) is 4.79 Å². The van der Waals surface area contributed by atoms with Crippen LogP contribution in [0.1, 0.15) is 32.6 Å². The summed E-state index contributed by atoms with van der Waals surface area (Å²) in [6, 6.07) is -0.0682. The SMILES string of the molecule is CNC(C)C(=O)NCCC1CCC1. The molecule has 1 amide bonds. The van der Waals surface area contributed by atoms with E-state index in [4.69, 9.17) is 0 Å². The quantitative estimate of drug-likeness (QED) is 0.666. The molecule has 3 nitrogen and oxygen atoms in total. The van der Waals surface area contributed by atoms with Crippen molar-refractivity contribution in [2.45, 2.75) is 38.6 Å². The van der Waals surface area contributed by atoms with Crippen molar-refractivity contribution in [1.29, 1.82) is 0 Å². The van der Waals surface area contributed by atoms with E-state index in [-0.39, 0.29) is 11.9 Å². The van der Waals surface area contributed by atoms with Crippen molar-refractivity contribution >= 4 is 5.91 Å². The van der Waals surface area contributed by atoms with E-state index in [0.29, 0.717) is 0 Å². The smallest absolute Gasteiger partial charge is 0.236 e. The molecule has 3 heteroatoms. The van der Waals surface area contributed by atoms with Gasteiger partial charge in [-0.1, -0.05) is 19.3 Å². The number of likely N-dealkylation sites (N-methyl/N-ethyl adjacent to an activating group) is 1.